The molecule has 0 fully saturated rings. The average molecular weight is 351 g/mol. The highest BCUT2D eigenvalue weighted by molar-refractivity contribution is 7.16. The van der Waals surface area contributed by atoms with Gasteiger partial charge in [-0.1, -0.05) is 23.7 Å². The van der Waals surface area contributed by atoms with Crippen molar-refractivity contribution in [3.05, 3.63) is 56.2 Å². The van der Waals surface area contributed by atoms with E-state index >= 15 is 0 Å². The Bertz CT molecular complexity index is 896. The number of carbonyl (C=O) groups is 1. The van der Waals surface area contributed by atoms with Crippen LogP contribution in [-0.2, 0) is 17.9 Å². The lowest BCUT2D eigenvalue weighted by Crippen LogP contribution is -2.28. The molecule has 0 spiro atoms. The molecule has 0 unspecified atom stereocenters. The number of halogens is 1. The summed E-state index contributed by atoms with van der Waals surface area (Å²) in [6, 6.07) is 10.9. The highest BCUT2D eigenvalue weighted by Gasteiger charge is 2.14. The van der Waals surface area contributed by atoms with Crippen molar-refractivity contribution in [3.8, 4) is 0 Å². The van der Waals surface area contributed by atoms with Crippen LogP contribution in [0.25, 0.3) is 11.1 Å². The number of aryl methyl sites for hydroxylation is 1. The summed E-state index contributed by atoms with van der Waals surface area (Å²) in [4.78, 5) is 26.8. The largest absolute Gasteiger partial charge is 0.419 e. The van der Waals surface area contributed by atoms with Crippen LogP contribution in [-0.4, -0.2) is 22.4 Å². The van der Waals surface area contributed by atoms with Gasteiger partial charge in [0.25, 0.3) is 0 Å². The van der Waals surface area contributed by atoms with Crippen LogP contribution >= 0.6 is 22.9 Å². The molecule has 1 aromatic carbocycles. The molecule has 0 aliphatic heterocycles. The molecule has 23 heavy (non-hydrogen) atoms. The fourth-order valence-electron chi connectivity index (χ4n) is 2.38. The number of carbonyl (C=O) groups excluding carboxylic acids is 1. The molecular formula is C16H15ClN2O3S. The van der Waals surface area contributed by atoms with E-state index in [1.165, 1.54) is 15.9 Å². The molecule has 2 aromatic heterocycles. The number of nitrogens with zero attached hydrogens (tertiary/aromatic N) is 2. The van der Waals surface area contributed by atoms with Gasteiger partial charge in [0.05, 0.1) is 16.4 Å². The third kappa shape index (κ3) is 3.48. The third-order valence-corrected chi connectivity index (χ3v) is 4.79. The predicted octanol–water partition coefficient (Wildman–Crippen LogP) is 3.36. The zero-order valence-corrected chi connectivity index (χ0v) is 14.1. The van der Waals surface area contributed by atoms with E-state index in [4.69, 9.17) is 16.0 Å². The molecule has 3 aromatic rings. The van der Waals surface area contributed by atoms with Crippen LogP contribution in [0.15, 0.2) is 45.6 Å². The second-order valence-corrected chi connectivity index (χ2v) is 6.99. The lowest BCUT2D eigenvalue weighted by atomic mass is 10.3. The molecule has 3 rings (SSSR count). The standard InChI is InChI=1S/C16H15ClN2O3S/c1-18(10-11-6-7-14(17)23-11)15(20)8-9-19-12-4-2-3-5-13(12)22-16(19)21/h2-7H,8-10H2,1H3. The molecule has 0 N–H and O–H groups in total. The maximum atomic E-state index is 12.2. The summed E-state index contributed by atoms with van der Waals surface area (Å²) in [7, 11) is 1.74. The Morgan fingerprint density at radius 3 is 2.83 bits per heavy atom. The van der Waals surface area contributed by atoms with Gasteiger partial charge in [-0.05, 0) is 24.3 Å². The molecule has 0 radical (unpaired) electrons. The van der Waals surface area contributed by atoms with E-state index in [0.29, 0.717) is 28.5 Å². The summed E-state index contributed by atoms with van der Waals surface area (Å²) in [6.45, 7) is 0.807. The SMILES string of the molecule is CN(Cc1ccc(Cl)s1)C(=O)CCn1c(=O)oc2ccccc21. The Kier molecular flexibility index (Phi) is 4.54. The summed E-state index contributed by atoms with van der Waals surface area (Å²) >= 11 is 7.35. The van der Waals surface area contributed by atoms with Gasteiger partial charge in [0.2, 0.25) is 5.91 Å². The zero-order chi connectivity index (χ0) is 16.4. The van der Waals surface area contributed by atoms with E-state index in [2.05, 4.69) is 0 Å². The predicted molar refractivity (Wildman–Crippen MR) is 90.9 cm³/mol. The van der Waals surface area contributed by atoms with E-state index in [1.807, 2.05) is 24.3 Å². The summed E-state index contributed by atoms with van der Waals surface area (Å²) in [6.07, 6.45) is 0.235. The first kappa shape index (κ1) is 15.8. The fraction of sp³-hybridized carbons (Fsp3) is 0.250. The summed E-state index contributed by atoms with van der Waals surface area (Å²) in [5.41, 5.74) is 1.24. The molecule has 0 atom stereocenters. The highest BCUT2D eigenvalue weighted by Crippen LogP contribution is 2.22. The zero-order valence-electron chi connectivity index (χ0n) is 12.5. The van der Waals surface area contributed by atoms with Crippen molar-refractivity contribution in [2.75, 3.05) is 7.05 Å². The first-order valence-electron chi connectivity index (χ1n) is 7.11. The number of amides is 1. The van der Waals surface area contributed by atoms with Gasteiger partial charge in [-0.3, -0.25) is 9.36 Å². The summed E-state index contributed by atoms with van der Waals surface area (Å²) in [5, 5.41) is 0. The molecule has 0 saturated heterocycles. The van der Waals surface area contributed by atoms with Gasteiger partial charge < -0.3 is 9.32 Å². The first-order valence-corrected chi connectivity index (χ1v) is 8.30. The van der Waals surface area contributed by atoms with Crippen molar-refractivity contribution in [3.63, 3.8) is 0 Å². The normalized spacial score (nSPS) is 11.0. The van der Waals surface area contributed by atoms with E-state index in [9.17, 15) is 9.59 Å². The van der Waals surface area contributed by atoms with Crippen LogP contribution in [0.3, 0.4) is 0 Å². The number of fused-ring (bicyclic) bond motifs is 1. The number of thiophene rings is 1. The smallest absolute Gasteiger partial charge is 0.408 e. The molecule has 0 aliphatic carbocycles. The van der Waals surface area contributed by atoms with E-state index in [-0.39, 0.29) is 12.3 Å². The number of benzene rings is 1. The molecule has 0 bridgehead atoms. The Balaban J connectivity index is 1.66. The highest BCUT2D eigenvalue weighted by atomic mass is 35.5. The van der Waals surface area contributed by atoms with Crippen molar-refractivity contribution >= 4 is 39.9 Å². The van der Waals surface area contributed by atoms with Crippen molar-refractivity contribution < 1.29 is 9.21 Å². The van der Waals surface area contributed by atoms with Crippen molar-refractivity contribution in [1.29, 1.82) is 0 Å². The maximum Gasteiger partial charge on any atom is 0.419 e. The number of oxazole rings is 1. The third-order valence-electron chi connectivity index (χ3n) is 3.57. The Labute approximate surface area is 141 Å². The van der Waals surface area contributed by atoms with Crippen LogP contribution < -0.4 is 5.76 Å². The van der Waals surface area contributed by atoms with Gasteiger partial charge in [-0.15, -0.1) is 11.3 Å². The van der Waals surface area contributed by atoms with Crippen molar-refractivity contribution in [1.82, 2.24) is 9.47 Å². The molecule has 0 saturated carbocycles. The Morgan fingerprint density at radius 1 is 1.30 bits per heavy atom. The number of rotatable bonds is 5. The van der Waals surface area contributed by atoms with Crippen LogP contribution in [0.4, 0.5) is 0 Å². The minimum Gasteiger partial charge on any atom is -0.408 e. The molecule has 5 nitrogen and oxygen atoms in total. The van der Waals surface area contributed by atoms with E-state index in [1.54, 1.807) is 24.1 Å². The van der Waals surface area contributed by atoms with Gasteiger partial charge in [-0.2, -0.15) is 0 Å². The van der Waals surface area contributed by atoms with Gasteiger partial charge in [0.1, 0.15) is 0 Å². The van der Waals surface area contributed by atoms with Crippen molar-refractivity contribution in [2.45, 2.75) is 19.5 Å². The molecule has 0 aliphatic rings. The first-order chi connectivity index (χ1) is 11.0. The van der Waals surface area contributed by atoms with Gasteiger partial charge in [0, 0.05) is 24.9 Å². The van der Waals surface area contributed by atoms with Crippen molar-refractivity contribution in [2.24, 2.45) is 0 Å². The van der Waals surface area contributed by atoms with Crippen LogP contribution in [0.5, 0.6) is 0 Å². The van der Waals surface area contributed by atoms with Gasteiger partial charge in [-0.25, -0.2) is 4.79 Å². The van der Waals surface area contributed by atoms with Gasteiger partial charge >= 0.3 is 5.76 Å². The lowest BCUT2D eigenvalue weighted by Gasteiger charge is -2.16. The molecule has 120 valence electrons. The average Bonchev–Trinajstić information content (AvgIpc) is 3.07. The lowest BCUT2D eigenvalue weighted by molar-refractivity contribution is -0.130. The second kappa shape index (κ2) is 6.60. The summed E-state index contributed by atoms with van der Waals surface area (Å²) in [5.74, 6) is -0.474. The van der Waals surface area contributed by atoms with E-state index in [0.717, 1.165) is 4.88 Å². The molecule has 1 amide bonds. The minimum atomic E-state index is -0.438. The van der Waals surface area contributed by atoms with Crippen LogP contribution in [0.2, 0.25) is 4.34 Å². The topological polar surface area (TPSA) is 55.5 Å². The number of aromatic nitrogens is 1. The van der Waals surface area contributed by atoms with Crippen LogP contribution in [0.1, 0.15) is 11.3 Å². The molecular weight excluding hydrogens is 336 g/mol. The second-order valence-electron chi connectivity index (χ2n) is 5.19. The Hall–Kier alpha value is -2.05. The monoisotopic (exact) mass is 350 g/mol. The number of para-hydroxylation sites is 2. The van der Waals surface area contributed by atoms with Crippen LogP contribution in [0, 0.1) is 0 Å². The molecule has 7 heteroatoms. The fourth-order valence-corrected chi connectivity index (χ4v) is 3.52. The molecule has 2 heterocycles. The quantitative estimate of drug-likeness (QED) is 0.709. The summed E-state index contributed by atoms with van der Waals surface area (Å²) < 4.78 is 7.35. The minimum absolute atomic E-state index is 0.0355. The number of hydrogen-bond donors (Lipinski definition) is 0. The van der Waals surface area contributed by atoms with E-state index < -0.39 is 5.76 Å². The maximum absolute atomic E-state index is 12.2. The number of hydrogen-bond acceptors (Lipinski definition) is 4. The van der Waals surface area contributed by atoms with Gasteiger partial charge in [0.15, 0.2) is 5.58 Å². The Morgan fingerprint density at radius 2 is 2.09 bits per heavy atom.